The summed E-state index contributed by atoms with van der Waals surface area (Å²) in [6.07, 6.45) is 7.88. The number of ketones is 1. The van der Waals surface area contributed by atoms with E-state index in [1.807, 2.05) is 34.1 Å². The molecule has 4 aromatic carbocycles. The summed E-state index contributed by atoms with van der Waals surface area (Å²) in [5.41, 5.74) is 1.20. The predicted octanol–water partition coefficient (Wildman–Crippen LogP) is 8.18. The molecule has 83 heavy (non-hydrogen) atoms. The number of hydrogen-bond donors (Lipinski definition) is 4. The third-order valence-corrected chi connectivity index (χ3v) is 17.0. The summed E-state index contributed by atoms with van der Waals surface area (Å²) < 4.78 is 34.4. The number of phenols is 1. The van der Waals surface area contributed by atoms with Crippen molar-refractivity contribution >= 4 is 85.8 Å². The van der Waals surface area contributed by atoms with E-state index in [2.05, 4.69) is 27.5 Å². The lowest BCUT2D eigenvalue weighted by atomic mass is 9.83. The average Bonchev–Trinajstić information content (AvgIpc) is 3.21. The van der Waals surface area contributed by atoms with Crippen molar-refractivity contribution in [3.63, 3.8) is 0 Å². The van der Waals surface area contributed by atoms with Gasteiger partial charge in [0.15, 0.2) is 5.82 Å². The fourth-order valence-corrected chi connectivity index (χ4v) is 12.2. The standard InChI is InChI=1S/C61H72ClFN10O9S/c1-5-50(75)71-23-25-72(26-24-71)57-46-36-47(62)52(45-35-42(74)33-40-15-9-10-18-44(40)45)53(63)55(46)68-61(69-57)65-21-20-51(76)70(4)27-28-80-29-30-81-31-32-82-43-17-11-16-41(34-43)56(77)48-37-83-59(66-48)49-19-12-22-73(49)60(79)54(39-13-7-6-8-14-39)67-58(78)38(2)64-3/h5,9-11,15-18,33-39,49,54,64,74H,1,6-8,12-14,19-32H2,2-4H3,(H,67,78)(H,65,68,69). The van der Waals surface area contributed by atoms with Gasteiger partial charge in [0, 0.05) is 81.2 Å². The number of amides is 4. The van der Waals surface area contributed by atoms with E-state index in [9.17, 15) is 29.1 Å². The molecule has 3 fully saturated rings. The van der Waals surface area contributed by atoms with Gasteiger partial charge in [-0.05, 0) is 98.3 Å². The Bertz CT molecular complexity index is 3320. The molecule has 3 unspecified atom stereocenters. The number of hydrogen-bond acceptors (Lipinski definition) is 16. The molecule has 1 saturated carbocycles. The number of fused-ring (bicyclic) bond motifs is 2. The zero-order valence-corrected chi connectivity index (χ0v) is 48.7. The first kappa shape index (κ1) is 60.3. The summed E-state index contributed by atoms with van der Waals surface area (Å²) in [4.78, 5) is 87.8. The molecule has 19 nitrogen and oxygen atoms in total. The number of carbonyl (C=O) groups excluding carboxylic acids is 5. The highest BCUT2D eigenvalue weighted by molar-refractivity contribution is 7.10. The third kappa shape index (κ3) is 14.6. The number of ether oxygens (including phenoxy) is 3. The number of likely N-dealkylation sites (tertiary alicyclic amines) is 1. The molecule has 3 aliphatic rings. The minimum atomic E-state index is -0.698. The average molecular weight is 1180 g/mol. The summed E-state index contributed by atoms with van der Waals surface area (Å²) >= 11 is 8.26. The van der Waals surface area contributed by atoms with Gasteiger partial charge < -0.3 is 54.9 Å². The van der Waals surface area contributed by atoms with E-state index in [1.54, 1.807) is 72.6 Å². The van der Waals surface area contributed by atoms with Gasteiger partial charge in [-0.2, -0.15) is 4.98 Å². The molecule has 2 aliphatic heterocycles. The van der Waals surface area contributed by atoms with Crippen LogP contribution >= 0.6 is 22.9 Å². The Hall–Kier alpha value is -7.30. The van der Waals surface area contributed by atoms with Crippen LogP contribution in [0.5, 0.6) is 11.5 Å². The Morgan fingerprint density at radius 2 is 1.65 bits per heavy atom. The number of rotatable bonds is 25. The molecule has 6 aromatic rings. The molecule has 3 atom stereocenters. The number of aromatic nitrogens is 3. The van der Waals surface area contributed by atoms with Crippen molar-refractivity contribution in [2.24, 2.45) is 5.92 Å². The van der Waals surface area contributed by atoms with Crippen LogP contribution in [0.2, 0.25) is 5.02 Å². The van der Waals surface area contributed by atoms with Crippen LogP contribution in [0, 0.1) is 11.7 Å². The van der Waals surface area contributed by atoms with Crippen LogP contribution in [0.1, 0.15) is 85.4 Å². The number of piperazine rings is 1. The Labute approximate surface area is 491 Å². The van der Waals surface area contributed by atoms with E-state index < -0.39 is 17.9 Å². The molecule has 4 N–H and O–H groups in total. The molecule has 22 heteroatoms. The Balaban J connectivity index is 0.716. The smallest absolute Gasteiger partial charge is 0.246 e. The number of carbonyl (C=O) groups is 5. The molecular weight excluding hydrogens is 1100 g/mol. The van der Waals surface area contributed by atoms with Crippen molar-refractivity contribution in [2.45, 2.75) is 76.4 Å². The molecule has 4 amide bonds. The van der Waals surface area contributed by atoms with Gasteiger partial charge in [-0.3, -0.25) is 24.0 Å². The number of likely N-dealkylation sites (N-methyl/N-ethyl adjacent to an activating group) is 2. The van der Waals surface area contributed by atoms with Crippen molar-refractivity contribution in [1.82, 2.24) is 40.3 Å². The second-order valence-corrected chi connectivity index (χ2v) is 22.4. The van der Waals surface area contributed by atoms with Crippen molar-refractivity contribution in [1.29, 1.82) is 0 Å². The van der Waals surface area contributed by atoms with Crippen molar-refractivity contribution in [3.05, 3.63) is 112 Å². The van der Waals surface area contributed by atoms with Crippen molar-refractivity contribution in [3.8, 4) is 22.6 Å². The van der Waals surface area contributed by atoms with Crippen LogP contribution in [0.4, 0.5) is 16.2 Å². The predicted molar refractivity (Wildman–Crippen MR) is 319 cm³/mol. The number of nitrogens with one attached hydrogen (secondary N) is 3. The number of halogens is 2. The first-order chi connectivity index (χ1) is 40.2. The Kier molecular flexibility index (Phi) is 20.6. The van der Waals surface area contributed by atoms with Gasteiger partial charge in [-0.15, -0.1) is 11.3 Å². The molecular formula is C61H72ClFN10O9S. The number of aromatic hydroxyl groups is 1. The monoisotopic (exact) mass is 1170 g/mol. The molecule has 0 bridgehead atoms. The number of benzene rings is 4. The van der Waals surface area contributed by atoms with Crippen LogP contribution in [-0.4, -0.2) is 169 Å². The van der Waals surface area contributed by atoms with E-state index in [-0.39, 0.29) is 109 Å². The second-order valence-electron chi connectivity index (χ2n) is 21.1. The maximum Gasteiger partial charge on any atom is 0.246 e. The number of thiazole rings is 1. The summed E-state index contributed by atoms with van der Waals surface area (Å²) in [6.45, 7) is 9.37. The quantitative estimate of drug-likeness (QED) is 0.0241. The summed E-state index contributed by atoms with van der Waals surface area (Å²) in [6, 6.07) is 17.6. The topological polar surface area (TPSA) is 221 Å². The van der Waals surface area contributed by atoms with Crippen LogP contribution < -0.4 is 25.6 Å². The lowest BCUT2D eigenvalue weighted by Gasteiger charge is -2.35. The van der Waals surface area contributed by atoms with Gasteiger partial charge in [-0.25, -0.2) is 14.4 Å². The fraction of sp³-hybridized carbons (Fsp3) is 0.443. The molecule has 0 radical (unpaired) electrons. The molecule has 440 valence electrons. The highest BCUT2D eigenvalue weighted by atomic mass is 35.5. The number of nitrogens with zero attached hydrogens (tertiary/aromatic N) is 7. The summed E-state index contributed by atoms with van der Waals surface area (Å²) in [5.74, 6) is -0.520. The van der Waals surface area contributed by atoms with Crippen LogP contribution in [0.25, 0.3) is 32.8 Å². The van der Waals surface area contributed by atoms with Crippen molar-refractivity contribution in [2.75, 3.05) is 103 Å². The van der Waals surface area contributed by atoms with Gasteiger partial charge in [0.1, 0.15) is 46.2 Å². The minimum Gasteiger partial charge on any atom is -0.508 e. The van der Waals surface area contributed by atoms with Gasteiger partial charge in [0.25, 0.3) is 0 Å². The summed E-state index contributed by atoms with van der Waals surface area (Å²) in [7, 11) is 3.41. The third-order valence-electron chi connectivity index (χ3n) is 15.7. The van der Waals surface area contributed by atoms with Crippen LogP contribution in [-0.2, 0) is 28.7 Å². The van der Waals surface area contributed by atoms with E-state index >= 15 is 4.39 Å². The highest BCUT2D eigenvalue weighted by Gasteiger charge is 2.40. The molecule has 1 aliphatic carbocycles. The van der Waals surface area contributed by atoms with E-state index in [1.165, 1.54) is 23.5 Å². The van der Waals surface area contributed by atoms with E-state index in [0.717, 1.165) is 44.9 Å². The lowest BCUT2D eigenvalue weighted by molar-refractivity contribution is -0.139. The van der Waals surface area contributed by atoms with Crippen molar-refractivity contribution < 1.29 is 47.7 Å². The second kappa shape index (κ2) is 28.3. The van der Waals surface area contributed by atoms with Gasteiger partial charge in [0.2, 0.25) is 35.4 Å². The minimum absolute atomic E-state index is 0.000423. The number of anilines is 2. The normalized spacial score (nSPS) is 16.4. The zero-order valence-electron chi connectivity index (χ0n) is 47.2. The molecule has 4 heterocycles. The summed E-state index contributed by atoms with van der Waals surface area (Å²) in [5, 5.41) is 24.1. The van der Waals surface area contributed by atoms with E-state index in [0.29, 0.717) is 95.4 Å². The first-order valence-corrected chi connectivity index (χ1v) is 29.7. The Morgan fingerprint density at radius 1 is 0.892 bits per heavy atom. The zero-order chi connectivity index (χ0) is 58.6. The Morgan fingerprint density at radius 3 is 2.42 bits per heavy atom. The highest BCUT2D eigenvalue weighted by Crippen LogP contribution is 2.43. The van der Waals surface area contributed by atoms with Gasteiger partial charge in [-0.1, -0.05) is 73.8 Å². The number of phenolic OH excluding ortho intramolecular Hbond substituents is 1. The first-order valence-electron chi connectivity index (χ1n) is 28.5. The maximum atomic E-state index is 17.0. The van der Waals surface area contributed by atoms with Crippen LogP contribution in [0.15, 0.2) is 84.8 Å². The molecule has 2 aromatic heterocycles. The maximum absolute atomic E-state index is 17.0. The van der Waals surface area contributed by atoms with Gasteiger partial charge in [0.05, 0.1) is 43.5 Å². The fourth-order valence-electron chi connectivity index (χ4n) is 11.0. The largest absolute Gasteiger partial charge is 0.508 e. The molecule has 0 spiro atoms. The van der Waals surface area contributed by atoms with E-state index in [4.69, 9.17) is 35.8 Å². The SMILES string of the molecule is C=CC(=O)N1CCN(c2nc(NCCC(=O)N(C)CCOCCOCCOc3cccc(C(=O)c4csc(C5CCCN5C(=O)C(NC(=O)C(C)NC)C5CCCCC5)n4)c3)nc3c(F)c(-c4cc(O)cc5ccccc45)c(Cl)cc23)CC1. The van der Waals surface area contributed by atoms with Crippen LogP contribution in [0.3, 0.4) is 0 Å². The van der Waals surface area contributed by atoms with Gasteiger partial charge >= 0.3 is 0 Å². The molecule has 2 saturated heterocycles. The lowest BCUT2D eigenvalue weighted by Crippen LogP contribution is -2.55. The molecule has 9 rings (SSSR count).